The summed E-state index contributed by atoms with van der Waals surface area (Å²) >= 11 is 0. The zero-order valence-corrected chi connectivity index (χ0v) is 11.1. The molecule has 0 aliphatic heterocycles. The van der Waals surface area contributed by atoms with Crippen molar-refractivity contribution in [3.8, 4) is 0 Å². The van der Waals surface area contributed by atoms with Crippen LogP contribution in [-0.4, -0.2) is 13.1 Å². The molecule has 0 aliphatic rings. The van der Waals surface area contributed by atoms with Crippen molar-refractivity contribution in [3.05, 3.63) is 35.4 Å². The lowest BCUT2D eigenvalue weighted by molar-refractivity contribution is 0.632. The van der Waals surface area contributed by atoms with Gasteiger partial charge in [-0.05, 0) is 35.9 Å². The lowest BCUT2D eigenvalue weighted by Crippen LogP contribution is -2.19. The fraction of sp³-hybridized carbons (Fsp3) is 0.600. The van der Waals surface area contributed by atoms with Gasteiger partial charge in [0.1, 0.15) is 0 Å². The molecule has 0 fully saturated rings. The van der Waals surface area contributed by atoms with E-state index >= 15 is 0 Å². The average molecular weight is 219 g/mol. The Labute approximate surface area is 100 Å². The fourth-order valence-corrected chi connectivity index (χ4v) is 1.93. The van der Waals surface area contributed by atoms with Crippen LogP contribution in [0, 0.1) is 5.92 Å². The van der Waals surface area contributed by atoms with Gasteiger partial charge in [0.2, 0.25) is 0 Å². The Balaban J connectivity index is 2.56. The molecule has 1 rings (SSSR count). The minimum atomic E-state index is 0.605. The maximum Gasteiger partial charge on any atom is 0.00173 e. The van der Waals surface area contributed by atoms with E-state index < -0.39 is 0 Å². The summed E-state index contributed by atoms with van der Waals surface area (Å²) in [6.07, 6.45) is 1.18. The van der Waals surface area contributed by atoms with Crippen molar-refractivity contribution < 1.29 is 0 Å². The normalized spacial score (nSPS) is 13.1. The Bertz CT molecular complexity index is 287. The molecule has 1 unspecified atom stereocenters. The van der Waals surface area contributed by atoms with Crippen LogP contribution in [0.25, 0.3) is 0 Å². The average Bonchev–Trinajstić information content (AvgIpc) is 2.26. The second-order valence-corrected chi connectivity index (χ2v) is 5.05. The lowest BCUT2D eigenvalue weighted by Gasteiger charge is -2.13. The van der Waals surface area contributed by atoms with Crippen LogP contribution in [-0.2, 0) is 6.42 Å². The molecule has 1 aromatic carbocycles. The van der Waals surface area contributed by atoms with Gasteiger partial charge in [-0.15, -0.1) is 0 Å². The summed E-state index contributed by atoms with van der Waals surface area (Å²) in [4.78, 5) is 0. The van der Waals surface area contributed by atoms with Gasteiger partial charge in [0.25, 0.3) is 0 Å². The van der Waals surface area contributed by atoms with Gasteiger partial charge in [0, 0.05) is 6.54 Å². The largest absolute Gasteiger partial charge is 0.316 e. The summed E-state index contributed by atoms with van der Waals surface area (Å²) in [5, 5.41) is 3.39. The first-order valence-electron chi connectivity index (χ1n) is 6.43. The van der Waals surface area contributed by atoms with Crippen molar-refractivity contribution in [2.45, 2.75) is 40.0 Å². The van der Waals surface area contributed by atoms with Gasteiger partial charge in [-0.3, -0.25) is 0 Å². The zero-order valence-electron chi connectivity index (χ0n) is 11.1. The standard InChI is InChI=1S/C15H25N/c1-5-16-11-13(4)15-8-6-14(7-9-15)10-12(2)3/h6-9,12-13,16H,5,10-11H2,1-4H3. The van der Waals surface area contributed by atoms with E-state index in [1.807, 2.05) is 0 Å². The van der Waals surface area contributed by atoms with Crippen molar-refractivity contribution in [2.24, 2.45) is 5.92 Å². The molecular formula is C15H25N. The maximum absolute atomic E-state index is 3.39. The molecule has 0 amide bonds. The molecular weight excluding hydrogens is 194 g/mol. The summed E-state index contributed by atoms with van der Waals surface area (Å²) in [6, 6.07) is 9.11. The van der Waals surface area contributed by atoms with Gasteiger partial charge in [0.05, 0.1) is 0 Å². The third-order valence-electron chi connectivity index (χ3n) is 2.89. The summed E-state index contributed by atoms with van der Waals surface area (Å²) in [5.74, 6) is 1.35. The van der Waals surface area contributed by atoms with E-state index in [-0.39, 0.29) is 0 Å². The predicted molar refractivity (Wildman–Crippen MR) is 71.9 cm³/mol. The third-order valence-corrected chi connectivity index (χ3v) is 2.89. The van der Waals surface area contributed by atoms with Crippen molar-refractivity contribution in [2.75, 3.05) is 13.1 Å². The summed E-state index contributed by atoms with van der Waals surface area (Å²) in [6.45, 7) is 11.1. The molecule has 0 aromatic heterocycles. The number of rotatable bonds is 6. The molecule has 90 valence electrons. The quantitative estimate of drug-likeness (QED) is 0.771. The Morgan fingerprint density at radius 3 is 2.19 bits per heavy atom. The first-order valence-corrected chi connectivity index (χ1v) is 6.43. The van der Waals surface area contributed by atoms with E-state index in [4.69, 9.17) is 0 Å². The van der Waals surface area contributed by atoms with Crippen molar-refractivity contribution in [1.29, 1.82) is 0 Å². The number of nitrogens with one attached hydrogen (secondary N) is 1. The van der Waals surface area contributed by atoms with Crippen LogP contribution in [0.2, 0.25) is 0 Å². The van der Waals surface area contributed by atoms with Gasteiger partial charge >= 0.3 is 0 Å². The van der Waals surface area contributed by atoms with E-state index in [1.165, 1.54) is 17.5 Å². The second kappa shape index (κ2) is 6.70. The molecule has 0 heterocycles. The highest BCUT2D eigenvalue weighted by atomic mass is 14.8. The van der Waals surface area contributed by atoms with Crippen LogP contribution in [0.3, 0.4) is 0 Å². The van der Waals surface area contributed by atoms with Crippen LogP contribution in [0.5, 0.6) is 0 Å². The Hall–Kier alpha value is -0.820. The third kappa shape index (κ3) is 4.36. The Morgan fingerprint density at radius 1 is 1.06 bits per heavy atom. The predicted octanol–water partition coefficient (Wildman–Crippen LogP) is 3.60. The summed E-state index contributed by atoms with van der Waals surface area (Å²) < 4.78 is 0. The molecule has 16 heavy (non-hydrogen) atoms. The van der Waals surface area contributed by atoms with Crippen LogP contribution < -0.4 is 5.32 Å². The monoisotopic (exact) mass is 219 g/mol. The summed E-state index contributed by atoms with van der Waals surface area (Å²) in [7, 11) is 0. The SMILES string of the molecule is CCNCC(C)c1ccc(CC(C)C)cc1. The smallest absolute Gasteiger partial charge is 0.00173 e. The van der Waals surface area contributed by atoms with Gasteiger partial charge in [-0.25, -0.2) is 0 Å². The molecule has 1 atom stereocenters. The number of hydrogen-bond acceptors (Lipinski definition) is 1. The van der Waals surface area contributed by atoms with Crippen LogP contribution >= 0.6 is 0 Å². The van der Waals surface area contributed by atoms with Gasteiger partial charge < -0.3 is 5.32 Å². The van der Waals surface area contributed by atoms with Crippen molar-refractivity contribution in [1.82, 2.24) is 5.32 Å². The molecule has 0 aliphatic carbocycles. The second-order valence-electron chi connectivity index (χ2n) is 5.05. The number of benzene rings is 1. The van der Waals surface area contributed by atoms with Gasteiger partial charge in [0.15, 0.2) is 0 Å². The summed E-state index contributed by atoms with van der Waals surface area (Å²) in [5.41, 5.74) is 2.89. The minimum Gasteiger partial charge on any atom is -0.316 e. The van der Waals surface area contributed by atoms with Crippen LogP contribution in [0.15, 0.2) is 24.3 Å². The van der Waals surface area contributed by atoms with Crippen molar-refractivity contribution in [3.63, 3.8) is 0 Å². The molecule has 1 N–H and O–H groups in total. The highest BCUT2D eigenvalue weighted by Crippen LogP contribution is 2.16. The first-order chi connectivity index (χ1) is 7.63. The molecule has 0 saturated carbocycles. The Morgan fingerprint density at radius 2 is 1.69 bits per heavy atom. The zero-order chi connectivity index (χ0) is 12.0. The number of likely N-dealkylation sites (N-methyl/N-ethyl adjacent to an activating group) is 1. The highest BCUT2D eigenvalue weighted by Gasteiger charge is 2.04. The minimum absolute atomic E-state index is 0.605. The first kappa shape index (κ1) is 13.2. The topological polar surface area (TPSA) is 12.0 Å². The molecule has 0 radical (unpaired) electrons. The molecule has 1 heteroatoms. The maximum atomic E-state index is 3.39. The van der Waals surface area contributed by atoms with E-state index in [1.54, 1.807) is 0 Å². The van der Waals surface area contributed by atoms with Crippen molar-refractivity contribution >= 4 is 0 Å². The molecule has 0 saturated heterocycles. The fourth-order valence-electron chi connectivity index (χ4n) is 1.93. The molecule has 1 nitrogen and oxygen atoms in total. The van der Waals surface area contributed by atoms with E-state index in [0.29, 0.717) is 5.92 Å². The lowest BCUT2D eigenvalue weighted by atomic mass is 9.97. The molecule has 0 bridgehead atoms. The van der Waals surface area contributed by atoms with E-state index in [2.05, 4.69) is 57.3 Å². The van der Waals surface area contributed by atoms with Gasteiger partial charge in [-0.1, -0.05) is 52.0 Å². The van der Waals surface area contributed by atoms with Crippen LogP contribution in [0.1, 0.15) is 44.7 Å². The molecule has 0 spiro atoms. The number of hydrogen-bond donors (Lipinski definition) is 1. The van der Waals surface area contributed by atoms with Crippen LogP contribution in [0.4, 0.5) is 0 Å². The van der Waals surface area contributed by atoms with E-state index in [0.717, 1.165) is 19.0 Å². The highest BCUT2D eigenvalue weighted by molar-refractivity contribution is 5.25. The molecule has 1 aromatic rings. The Kier molecular flexibility index (Phi) is 5.54. The van der Waals surface area contributed by atoms with E-state index in [9.17, 15) is 0 Å². The van der Waals surface area contributed by atoms with Gasteiger partial charge in [-0.2, -0.15) is 0 Å².